The number of aryl methyl sites for hydroxylation is 1. The molecule has 164 valence electrons. The maximum Gasteiger partial charge on any atom is 0.341 e. The molecule has 32 heavy (non-hydrogen) atoms. The van der Waals surface area contributed by atoms with Crippen LogP contribution in [0.15, 0.2) is 52.3 Å². The molecule has 1 N–H and O–H groups in total. The van der Waals surface area contributed by atoms with E-state index in [2.05, 4.69) is 21.6 Å². The number of aromatic nitrogens is 3. The van der Waals surface area contributed by atoms with E-state index in [4.69, 9.17) is 4.74 Å². The summed E-state index contributed by atoms with van der Waals surface area (Å²) in [7, 11) is 3.21. The van der Waals surface area contributed by atoms with Crippen LogP contribution in [0.5, 0.6) is 0 Å². The fourth-order valence-corrected chi connectivity index (χ4v) is 5.50. The van der Waals surface area contributed by atoms with Crippen LogP contribution in [0, 0.1) is 6.92 Å². The lowest BCUT2D eigenvalue weighted by atomic mass is 10.0. The van der Waals surface area contributed by atoms with E-state index in [1.54, 1.807) is 11.3 Å². The van der Waals surface area contributed by atoms with Gasteiger partial charge in [-0.3, -0.25) is 4.79 Å². The number of thiophene rings is 2. The number of hydrogen-bond acceptors (Lipinski definition) is 8. The Hall–Kier alpha value is -2.95. The van der Waals surface area contributed by atoms with Gasteiger partial charge in [0.2, 0.25) is 5.91 Å². The normalized spacial score (nSPS) is 10.8. The molecule has 0 aliphatic rings. The third-order valence-corrected chi connectivity index (χ3v) is 7.45. The smallest absolute Gasteiger partial charge is 0.341 e. The number of methoxy groups -OCH3 is 1. The summed E-state index contributed by atoms with van der Waals surface area (Å²) >= 11 is 4.24. The summed E-state index contributed by atoms with van der Waals surface area (Å²) in [6, 6.07) is 11.6. The van der Waals surface area contributed by atoms with E-state index in [1.165, 1.54) is 35.1 Å². The first-order valence-corrected chi connectivity index (χ1v) is 12.3. The Balaban J connectivity index is 1.48. The number of amides is 1. The molecule has 0 bridgehead atoms. The predicted octanol–water partition coefficient (Wildman–Crippen LogP) is 5.10. The molecule has 0 fully saturated rings. The monoisotopic (exact) mass is 484 g/mol. The maximum absolute atomic E-state index is 12.7. The van der Waals surface area contributed by atoms with Crippen LogP contribution in [0.4, 0.5) is 5.00 Å². The van der Waals surface area contributed by atoms with Crippen LogP contribution in [0.2, 0.25) is 0 Å². The molecule has 1 amide bonds. The Bertz CT molecular complexity index is 1260. The van der Waals surface area contributed by atoms with Crippen LogP contribution < -0.4 is 5.32 Å². The Kier molecular flexibility index (Phi) is 6.73. The fourth-order valence-electron chi connectivity index (χ4n) is 3.13. The number of hydrogen-bond donors (Lipinski definition) is 1. The van der Waals surface area contributed by atoms with Crippen molar-refractivity contribution >= 4 is 51.3 Å². The lowest BCUT2D eigenvalue weighted by Gasteiger charge is -2.08. The number of anilines is 1. The van der Waals surface area contributed by atoms with Gasteiger partial charge in [-0.1, -0.05) is 42.1 Å². The Labute approximate surface area is 197 Å². The zero-order chi connectivity index (χ0) is 22.7. The number of carbonyl (C=O) groups is 2. The van der Waals surface area contributed by atoms with Crippen molar-refractivity contribution in [1.29, 1.82) is 0 Å². The molecule has 4 rings (SSSR count). The van der Waals surface area contributed by atoms with Crippen molar-refractivity contribution in [1.82, 2.24) is 14.8 Å². The van der Waals surface area contributed by atoms with Gasteiger partial charge in [-0.25, -0.2) is 4.79 Å². The van der Waals surface area contributed by atoms with E-state index < -0.39 is 5.97 Å². The van der Waals surface area contributed by atoms with Crippen LogP contribution in [-0.4, -0.2) is 39.5 Å². The van der Waals surface area contributed by atoms with E-state index in [1.807, 2.05) is 59.6 Å². The van der Waals surface area contributed by atoms with E-state index in [0.717, 1.165) is 22.5 Å². The van der Waals surface area contributed by atoms with Gasteiger partial charge in [0.15, 0.2) is 11.0 Å². The SMILES string of the molecule is COC(=O)c1c(-c2ccccc2)csc1NC(=O)CSc1nnc(-c2csc(C)c2)n1C. The van der Waals surface area contributed by atoms with E-state index >= 15 is 0 Å². The van der Waals surface area contributed by atoms with Gasteiger partial charge in [-0.15, -0.1) is 32.9 Å². The molecule has 3 heterocycles. The van der Waals surface area contributed by atoms with Crippen molar-refractivity contribution in [3.05, 3.63) is 57.6 Å². The van der Waals surface area contributed by atoms with Gasteiger partial charge in [-0.2, -0.15) is 0 Å². The topological polar surface area (TPSA) is 86.1 Å². The maximum atomic E-state index is 12.7. The van der Waals surface area contributed by atoms with Gasteiger partial charge in [0, 0.05) is 33.8 Å². The van der Waals surface area contributed by atoms with Crippen molar-refractivity contribution in [2.75, 3.05) is 18.2 Å². The van der Waals surface area contributed by atoms with Crippen molar-refractivity contribution in [3.63, 3.8) is 0 Å². The Morgan fingerprint density at radius 3 is 2.59 bits per heavy atom. The van der Waals surface area contributed by atoms with Crippen LogP contribution in [0.25, 0.3) is 22.5 Å². The average molecular weight is 485 g/mol. The molecule has 1 aromatic carbocycles. The molecule has 4 aromatic rings. The standard InChI is InChI=1S/C22H20N4O3S3/c1-13-9-15(10-30-13)19-24-25-22(26(19)2)32-12-17(27)23-20-18(21(28)29-3)16(11-31-20)14-7-5-4-6-8-14/h4-11H,12H2,1-3H3,(H,23,27). The van der Waals surface area contributed by atoms with E-state index in [9.17, 15) is 9.59 Å². The van der Waals surface area contributed by atoms with Crippen molar-refractivity contribution in [3.8, 4) is 22.5 Å². The van der Waals surface area contributed by atoms with Crippen LogP contribution >= 0.6 is 34.4 Å². The summed E-state index contributed by atoms with van der Waals surface area (Å²) in [5.74, 6) is 0.166. The minimum Gasteiger partial charge on any atom is -0.465 e. The largest absolute Gasteiger partial charge is 0.465 e. The van der Waals surface area contributed by atoms with Crippen LogP contribution in [-0.2, 0) is 16.6 Å². The number of esters is 1. The molecule has 0 saturated carbocycles. The van der Waals surface area contributed by atoms with E-state index in [-0.39, 0.29) is 11.7 Å². The number of ether oxygens (including phenoxy) is 1. The first-order valence-electron chi connectivity index (χ1n) is 9.60. The lowest BCUT2D eigenvalue weighted by molar-refractivity contribution is -0.113. The number of thioether (sulfide) groups is 1. The van der Waals surface area contributed by atoms with Gasteiger partial charge >= 0.3 is 5.97 Å². The number of carbonyl (C=O) groups excluding carboxylic acids is 2. The molecule has 10 heteroatoms. The number of rotatable bonds is 7. The predicted molar refractivity (Wildman–Crippen MR) is 130 cm³/mol. The number of nitrogens with zero attached hydrogens (tertiary/aromatic N) is 3. The first-order chi connectivity index (χ1) is 15.5. The highest BCUT2D eigenvalue weighted by atomic mass is 32.2. The molecule has 0 radical (unpaired) electrons. The molecule has 7 nitrogen and oxygen atoms in total. The summed E-state index contributed by atoms with van der Waals surface area (Å²) in [4.78, 5) is 26.3. The minimum atomic E-state index is -0.489. The minimum absolute atomic E-state index is 0.133. The third kappa shape index (κ3) is 4.62. The van der Waals surface area contributed by atoms with Gasteiger partial charge in [-0.05, 0) is 18.6 Å². The average Bonchev–Trinajstić information content (AvgIpc) is 3.51. The van der Waals surface area contributed by atoms with E-state index in [0.29, 0.717) is 15.7 Å². The molecule has 0 unspecified atom stereocenters. The van der Waals surface area contributed by atoms with Gasteiger partial charge < -0.3 is 14.6 Å². The zero-order valence-corrected chi connectivity index (χ0v) is 20.1. The Morgan fingerprint density at radius 1 is 1.12 bits per heavy atom. The van der Waals surface area contributed by atoms with Gasteiger partial charge in [0.25, 0.3) is 0 Å². The molecule has 0 aliphatic heterocycles. The molecule has 0 atom stereocenters. The van der Waals surface area contributed by atoms with Crippen molar-refractivity contribution in [2.24, 2.45) is 7.05 Å². The second-order valence-electron chi connectivity index (χ2n) is 6.86. The third-order valence-electron chi connectivity index (χ3n) is 4.67. The van der Waals surface area contributed by atoms with Crippen LogP contribution in [0.1, 0.15) is 15.2 Å². The highest BCUT2D eigenvalue weighted by Gasteiger charge is 2.22. The molecule has 0 saturated heterocycles. The van der Waals surface area contributed by atoms with Crippen molar-refractivity contribution < 1.29 is 14.3 Å². The number of nitrogens with one attached hydrogen (secondary N) is 1. The second kappa shape index (κ2) is 9.68. The fraction of sp³-hybridized carbons (Fsp3) is 0.182. The molecular formula is C22H20N4O3S3. The molecule has 3 aromatic heterocycles. The zero-order valence-electron chi connectivity index (χ0n) is 17.6. The molecule has 0 spiro atoms. The molecule has 0 aliphatic carbocycles. The summed E-state index contributed by atoms with van der Waals surface area (Å²) in [6.07, 6.45) is 0. The number of benzene rings is 1. The summed E-state index contributed by atoms with van der Waals surface area (Å²) < 4.78 is 6.83. The Morgan fingerprint density at radius 2 is 1.91 bits per heavy atom. The summed E-state index contributed by atoms with van der Waals surface area (Å²) in [6.45, 7) is 2.04. The molecular weight excluding hydrogens is 464 g/mol. The summed E-state index contributed by atoms with van der Waals surface area (Å²) in [5.41, 5.74) is 2.98. The second-order valence-corrected chi connectivity index (χ2v) is 9.80. The highest BCUT2D eigenvalue weighted by Crippen LogP contribution is 2.36. The van der Waals surface area contributed by atoms with Crippen LogP contribution in [0.3, 0.4) is 0 Å². The van der Waals surface area contributed by atoms with Crippen molar-refractivity contribution in [2.45, 2.75) is 12.1 Å². The van der Waals surface area contributed by atoms with Gasteiger partial charge in [0.1, 0.15) is 10.6 Å². The highest BCUT2D eigenvalue weighted by molar-refractivity contribution is 7.99. The summed E-state index contributed by atoms with van der Waals surface area (Å²) in [5, 5.41) is 16.3. The van der Waals surface area contributed by atoms with Gasteiger partial charge in [0.05, 0.1) is 12.9 Å². The first kappa shape index (κ1) is 22.3. The lowest BCUT2D eigenvalue weighted by Crippen LogP contribution is -2.16. The quantitative estimate of drug-likeness (QED) is 0.290.